The molecule has 0 radical (unpaired) electrons. The molecule has 0 spiro atoms. The van der Waals surface area contributed by atoms with Crippen LogP contribution in [0.5, 0.6) is 0 Å². The number of halogens is 2. The minimum Gasteiger partial charge on any atom is -0.456 e. The van der Waals surface area contributed by atoms with Gasteiger partial charge in [-0.15, -0.1) is 11.3 Å². The number of hydrogen-bond donors (Lipinski definition) is 0. The van der Waals surface area contributed by atoms with Gasteiger partial charge in [0.25, 0.3) is 5.56 Å². The Bertz CT molecular complexity index is 1370. The maximum absolute atomic E-state index is 13.1. The highest BCUT2D eigenvalue weighted by Gasteiger charge is 2.13. The zero-order valence-corrected chi connectivity index (χ0v) is 18.1. The van der Waals surface area contributed by atoms with Gasteiger partial charge in [-0.1, -0.05) is 11.6 Å². The van der Waals surface area contributed by atoms with E-state index in [1.165, 1.54) is 50.8 Å². The first-order chi connectivity index (χ1) is 14.8. The van der Waals surface area contributed by atoms with Crippen LogP contribution in [0.3, 0.4) is 0 Å². The second-order valence-corrected chi connectivity index (χ2v) is 7.89. The predicted molar refractivity (Wildman–Crippen MR) is 116 cm³/mol. The molecule has 0 N–H and O–H groups in total. The van der Waals surface area contributed by atoms with E-state index in [-0.39, 0.29) is 23.1 Å². The third kappa shape index (κ3) is 4.28. The number of carbonyl (C=O) groups is 1. The van der Waals surface area contributed by atoms with Crippen LogP contribution in [-0.2, 0) is 16.1 Å². The van der Waals surface area contributed by atoms with Gasteiger partial charge in [0, 0.05) is 28.8 Å². The second kappa shape index (κ2) is 8.44. The summed E-state index contributed by atoms with van der Waals surface area (Å²) in [7, 11) is 0. The van der Waals surface area contributed by atoms with Gasteiger partial charge < -0.3 is 4.74 Å². The van der Waals surface area contributed by atoms with E-state index in [0.717, 1.165) is 5.69 Å². The van der Waals surface area contributed by atoms with E-state index in [1.807, 2.05) is 12.3 Å². The Hall–Kier alpha value is -3.30. The van der Waals surface area contributed by atoms with E-state index in [0.29, 0.717) is 27.6 Å². The quantitative estimate of drug-likeness (QED) is 0.332. The van der Waals surface area contributed by atoms with Crippen molar-refractivity contribution in [2.45, 2.75) is 20.5 Å². The molecule has 3 aromatic heterocycles. The van der Waals surface area contributed by atoms with Crippen LogP contribution in [0.2, 0.25) is 5.15 Å². The fraction of sp³-hybridized carbons (Fsp3) is 0.143. The van der Waals surface area contributed by atoms with Gasteiger partial charge >= 0.3 is 5.97 Å². The summed E-state index contributed by atoms with van der Waals surface area (Å²) in [6.07, 6.45) is 2.73. The predicted octanol–water partition coefficient (Wildman–Crippen LogP) is 4.11. The molecule has 0 amide bonds. The Morgan fingerprint density at radius 1 is 1.29 bits per heavy atom. The molecule has 1 aromatic carbocycles. The van der Waals surface area contributed by atoms with Crippen molar-refractivity contribution in [1.82, 2.24) is 19.2 Å². The normalized spacial score (nSPS) is 11.5. The summed E-state index contributed by atoms with van der Waals surface area (Å²) in [4.78, 5) is 29.2. The second-order valence-electron chi connectivity index (χ2n) is 6.70. The Morgan fingerprint density at radius 3 is 2.77 bits per heavy atom. The van der Waals surface area contributed by atoms with Crippen LogP contribution in [0.25, 0.3) is 16.7 Å². The Balaban J connectivity index is 1.47. The monoisotopic (exact) mass is 458 g/mol. The van der Waals surface area contributed by atoms with Gasteiger partial charge in [0.1, 0.15) is 17.6 Å². The van der Waals surface area contributed by atoms with E-state index >= 15 is 0 Å². The largest absolute Gasteiger partial charge is 0.456 e. The summed E-state index contributed by atoms with van der Waals surface area (Å²) in [5, 5.41) is 6.45. The van der Waals surface area contributed by atoms with Crippen molar-refractivity contribution in [2.75, 3.05) is 0 Å². The molecule has 0 aliphatic heterocycles. The van der Waals surface area contributed by atoms with Gasteiger partial charge in [0.15, 0.2) is 4.96 Å². The molecule has 0 aliphatic carbocycles. The van der Waals surface area contributed by atoms with Gasteiger partial charge in [-0.2, -0.15) is 5.10 Å². The molecule has 0 atom stereocenters. The third-order valence-corrected chi connectivity index (χ3v) is 5.80. The summed E-state index contributed by atoms with van der Waals surface area (Å²) in [5.41, 5.74) is 2.67. The summed E-state index contributed by atoms with van der Waals surface area (Å²) in [6, 6.07) is 7.07. The molecule has 0 fully saturated rings. The Labute approximate surface area is 185 Å². The molecular weight excluding hydrogens is 443 g/mol. The maximum Gasteiger partial charge on any atom is 0.331 e. The molecule has 4 aromatic rings. The number of hydrogen-bond acceptors (Lipinski definition) is 6. The molecule has 4 rings (SSSR count). The molecule has 0 aliphatic rings. The molecule has 31 heavy (non-hydrogen) atoms. The number of nitrogens with zero attached hydrogens (tertiary/aromatic N) is 4. The lowest BCUT2D eigenvalue weighted by atomic mass is 10.2. The number of benzene rings is 1. The minimum absolute atomic E-state index is 0.132. The van der Waals surface area contributed by atoms with E-state index in [4.69, 9.17) is 16.3 Å². The lowest BCUT2D eigenvalue weighted by Gasteiger charge is -2.03. The van der Waals surface area contributed by atoms with Crippen molar-refractivity contribution >= 4 is 39.9 Å². The van der Waals surface area contributed by atoms with Crippen LogP contribution in [0.4, 0.5) is 4.39 Å². The lowest BCUT2D eigenvalue weighted by Crippen LogP contribution is -2.16. The van der Waals surface area contributed by atoms with Crippen LogP contribution in [0.15, 0.2) is 46.6 Å². The molecule has 0 saturated carbocycles. The standard InChI is InChI=1S/C21H16ClFN4O3S/c1-12-11-31-21-24-15(9-18(28)26(12)21)10-30-19(29)8-7-17-13(2)25-27(20(17)22)16-5-3-14(23)4-6-16/h3-9,11H,10H2,1-2H3/b8-7+. The fourth-order valence-electron chi connectivity index (χ4n) is 2.97. The minimum atomic E-state index is -0.616. The number of rotatable bonds is 5. The highest BCUT2D eigenvalue weighted by atomic mass is 35.5. The summed E-state index contributed by atoms with van der Waals surface area (Å²) < 4.78 is 21.3. The molecule has 0 saturated heterocycles. The number of ether oxygens (including phenoxy) is 1. The number of esters is 1. The smallest absolute Gasteiger partial charge is 0.331 e. The Morgan fingerprint density at radius 2 is 2.03 bits per heavy atom. The molecule has 0 bridgehead atoms. The van der Waals surface area contributed by atoms with Crippen molar-refractivity contribution in [2.24, 2.45) is 0 Å². The fourth-order valence-corrected chi connectivity index (χ4v) is 4.20. The van der Waals surface area contributed by atoms with Gasteiger partial charge in [-0.05, 0) is 44.2 Å². The molecule has 10 heteroatoms. The first kappa shape index (κ1) is 21.0. The van der Waals surface area contributed by atoms with Gasteiger partial charge in [-0.3, -0.25) is 9.20 Å². The number of carbonyl (C=O) groups excluding carboxylic acids is 1. The average Bonchev–Trinajstić information content (AvgIpc) is 3.25. The van der Waals surface area contributed by atoms with Crippen molar-refractivity contribution in [3.63, 3.8) is 0 Å². The zero-order chi connectivity index (χ0) is 22.1. The zero-order valence-electron chi connectivity index (χ0n) is 16.5. The van der Waals surface area contributed by atoms with Crippen molar-refractivity contribution in [3.8, 4) is 5.69 Å². The summed E-state index contributed by atoms with van der Waals surface area (Å²) in [6.45, 7) is 3.43. The van der Waals surface area contributed by atoms with Crippen molar-refractivity contribution in [1.29, 1.82) is 0 Å². The van der Waals surface area contributed by atoms with Crippen LogP contribution in [-0.4, -0.2) is 25.1 Å². The number of aryl methyl sites for hydroxylation is 2. The highest BCUT2D eigenvalue weighted by molar-refractivity contribution is 7.15. The number of fused-ring (bicyclic) bond motifs is 1. The summed E-state index contributed by atoms with van der Waals surface area (Å²) >= 11 is 7.73. The van der Waals surface area contributed by atoms with Crippen LogP contribution >= 0.6 is 22.9 Å². The van der Waals surface area contributed by atoms with E-state index < -0.39 is 5.97 Å². The highest BCUT2D eigenvalue weighted by Crippen LogP contribution is 2.25. The van der Waals surface area contributed by atoms with Crippen LogP contribution in [0, 0.1) is 19.7 Å². The van der Waals surface area contributed by atoms with Crippen LogP contribution < -0.4 is 5.56 Å². The lowest BCUT2D eigenvalue weighted by molar-refractivity contribution is -0.139. The van der Waals surface area contributed by atoms with E-state index in [1.54, 1.807) is 19.1 Å². The molecule has 3 heterocycles. The summed E-state index contributed by atoms with van der Waals surface area (Å²) in [5.74, 6) is -0.980. The van der Waals surface area contributed by atoms with Crippen LogP contribution in [0.1, 0.15) is 22.6 Å². The number of aromatic nitrogens is 4. The first-order valence-electron chi connectivity index (χ1n) is 9.16. The number of thiazole rings is 1. The third-order valence-electron chi connectivity index (χ3n) is 4.50. The maximum atomic E-state index is 13.1. The van der Waals surface area contributed by atoms with Crippen molar-refractivity contribution < 1.29 is 13.9 Å². The van der Waals surface area contributed by atoms with Gasteiger partial charge in [-0.25, -0.2) is 18.9 Å². The van der Waals surface area contributed by atoms with E-state index in [9.17, 15) is 14.0 Å². The van der Waals surface area contributed by atoms with Gasteiger partial charge in [0.05, 0.1) is 17.1 Å². The molecular formula is C21H16ClFN4O3S. The topological polar surface area (TPSA) is 78.5 Å². The molecule has 0 unspecified atom stereocenters. The van der Waals surface area contributed by atoms with Gasteiger partial charge in [0.2, 0.25) is 0 Å². The first-order valence-corrected chi connectivity index (χ1v) is 10.4. The van der Waals surface area contributed by atoms with E-state index in [2.05, 4.69) is 10.1 Å². The molecule has 7 nitrogen and oxygen atoms in total. The SMILES string of the molecule is Cc1nn(-c2ccc(F)cc2)c(Cl)c1/C=C/C(=O)OCc1cc(=O)n2c(C)csc2n1. The van der Waals surface area contributed by atoms with Crippen molar-refractivity contribution in [3.05, 3.63) is 85.8 Å². The Kier molecular flexibility index (Phi) is 5.71. The average molecular weight is 459 g/mol. The molecule has 158 valence electrons.